The van der Waals surface area contributed by atoms with E-state index in [1.54, 1.807) is 7.11 Å². The number of benzene rings is 1. The summed E-state index contributed by atoms with van der Waals surface area (Å²) in [5.74, 6) is 0.965. The van der Waals surface area contributed by atoms with Gasteiger partial charge in [-0.25, -0.2) is 0 Å². The Hall–Kier alpha value is -0.730. The molecule has 0 saturated heterocycles. The van der Waals surface area contributed by atoms with Crippen molar-refractivity contribution in [2.24, 2.45) is 5.73 Å². The number of rotatable bonds is 3. The molecule has 0 aromatic heterocycles. The Kier molecular flexibility index (Phi) is 3.61. The van der Waals surface area contributed by atoms with E-state index in [0.717, 1.165) is 29.2 Å². The molecule has 0 spiro atoms. The third-order valence-electron chi connectivity index (χ3n) is 4.26. The number of hydrogen-bond donors (Lipinski definition) is 1. The van der Waals surface area contributed by atoms with Crippen LogP contribution in [0.25, 0.3) is 0 Å². The predicted molar refractivity (Wildman–Crippen MR) is 81.3 cm³/mol. The quantitative estimate of drug-likeness (QED) is 0.908. The number of ether oxygens (including phenoxy) is 1. The highest BCUT2D eigenvalue weighted by atomic mass is 35.5. The third kappa shape index (κ3) is 2.48. The van der Waals surface area contributed by atoms with E-state index in [9.17, 15) is 0 Å². The molecule has 2 N–H and O–H groups in total. The van der Waals surface area contributed by atoms with Crippen molar-refractivity contribution in [3.05, 3.63) is 28.3 Å². The molecular weight excluding hydrogens is 258 g/mol. The van der Waals surface area contributed by atoms with Gasteiger partial charge in [0.25, 0.3) is 0 Å². The monoisotopic (exact) mass is 281 g/mol. The lowest BCUT2D eigenvalue weighted by atomic mass is 9.80. The zero-order valence-electron chi connectivity index (χ0n) is 12.5. The molecule has 106 valence electrons. The smallest absolute Gasteiger partial charge is 0.126 e. The molecule has 1 aromatic carbocycles. The second-order valence-corrected chi connectivity index (χ2v) is 7.17. The minimum atomic E-state index is -0.00108. The van der Waals surface area contributed by atoms with Crippen LogP contribution in [-0.2, 0) is 10.8 Å². The maximum atomic E-state index is 6.33. The predicted octanol–water partition coefficient (Wildman–Crippen LogP) is 4.02. The average molecular weight is 282 g/mol. The lowest BCUT2D eigenvalue weighted by Crippen LogP contribution is -2.32. The van der Waals surface area contributed by atoms with Crippen LogP contribution in [0.15, 0.2) is 12.1 Å². The van der Waals surface area contributed by atoms with Gasteiger partial charge in [-0.3, -0.25) is 0 Å². The molecule has 0 bridgehead atoms. The summed E-state index contributed by atoms with van der Waals surface area (Å²) in [6.07, 6.45) is 2.23. The first-order valence-electron chi connectivity index (χ1n) is 6.86. The van der Waals surface area contributed by atoms with Gasteiger partial charge >= 0.3 is 0 Å². The molecule has 1 aliphatic rings. The Morgan fingerprint density at radius 3 is 2.26 bits per heavy atom. The van der Waals surface area contributed by atoms with Gasteiger partial charge in [-0.1, -0.05) is 32.4 Å². The summed E-state index contributed by atoms with van der Waals surface area (Å²) in [5.41, 5.74) is 8.59. The number of methoxy groups -OCH3 is 1. The SMILES string of the molecule is COc1c(C(C)(C)C)cc(Cl)cc1C1(C(C)N)CC1. The summed E-state index contributed by atoms with van der Waals surface area (Å²) in [6.45, 7) is 8.60. The second kappa shape index (κ2) is 4.68. The molecule has 0 amide bonds. The standard InChI is InChI=1S/C16H24ClNO/c1-10(18)16(6-7-16)13-9-11(17)8-12(14(13)19-5)15(2,3)4/h8-10H,6-7,18H2,1-5H3. The molecule has 1 aliphatic carbocycles. The van der Waals surface area contributed by atoms with Crippen LogP contribution in [0.4, 0.5) is 0 Å². The van der Waals surface area contributed by atoms with Crippen LogP contribution in [0, 0.1) is 0 Å². The molecule has 1 aromatic rings. The van der Waals surface area contributed by atoms with Gasteiger partial charge in [-0.15, -0.1) is 0 Å². The van der Waals surface area contributed by atoms with E-state index < -0.39 is 0 Å². The van der Waals surface area contributed by atoms with Gasteiger partial charge in [0.15, 0.2) is 0 Å². The first kappa shape index (κ1) is 14.7. The van der Waals surface area contributed by atoms with E-state index >= 15 is 0 Å². The minimum Gasteiger partial charge on any atom is -0.496 e. The van der Waals surface area contributed by atoms with E-state index in [1.165, 1.54) is 5.56 Å². The van der Waals surface area contributed by atoms with Crippen molar-refractivity contribution in [2.45, 2.75) is 57.4 Å². The maximum absolute atomic E-state index is 6.33. The normalized spacial score (nSPS) is 19.1. The van der Waals surface area contributed by atoms with Crippen molar-refractivity contribution < 1.29 is 4.74 Å². The molecule has 1 unspecified atom stereocenters. The fraction of sp³-hybridized carbons (Fsp3) is 0.625. The first-order valence-corrected chi connectivity index (χ1v) is 7.24. The van der Waals surface area contributed by atoms with E-state index in [-0.39, 0.29) is 16.9 Å². The average Bonchev–Trinajstić information content (AvgIpc) is 3.07. The molecule has 1 saturated carbocycles. The lowest BCUT2D eigenvalue weighted by Gasteiger charge is -2.29. The summed E-state index contributed by atoms with van der Waals surface area (Å²) in [5, 5.41) is 0.771. The van der Waals surface area contributed by atoms with Crippen molar-refractivity contribution in [3.8, 4) is 5.75 Å². The van der Waals surface area contributed by atoms with Crippen LogP contribution >= 0.6 is 11.6 Å². The van der Waals surface area contributed by atoms with Gasteiger partial charge in [0.05, 0.1) is 7.11 Å². The van der Waals surface area contributed by atoms with Crippen LogP contribution in [0.3, 0.4) is 0 Å². The van der Waals surface area contributed by atoms with Crippen molar-refractivity contribution >= 4 is 11.6 Å². The van der Waals surface area contributed by atoms with Gasteiger partial charge in [-0.05, 0) is 37.3 Å². The topological polar surface area (TPSA) is 35.2 Å². The molecule has 0 heterocycles. The highest BCUT2D eigenvalue weighted by Gasteiger charge is 2.50. The van der Waals surface area contributed by atoms with Gasteiger partial charge in [0.1, 0.15) is 5.75 Å². The number of nitrogens with two attached hydrogens (primary N) is 1. The largest absolute Gasteiger partial charge is 0.496 e. The van der Waals surface area contributed by atoms with Crippen LogP contribution in [0.1, 0.15) is 51.7 Å². The minimum absolute atomic E-state index is 0.00108. The molecule has 1 fully saturated rings. The van der Waals surface area contributed by atoms with Crippen LogP contribution < -0.4 is 10.5 Å². The summed E-state index contributed by atoms with van der Waals surface area (Å²) >= 11 is 6.33. The summed E-state index contributed by atoms with van der Waals surface area (Å²) < 4.78 is 5.72. The zero-order valence-corrected chi connectivity index (χ0v) is 13.3. The van der Waals surface area contributed by atoms with Crippen molar-refractivity contribution in [1.29, 1.82) is 0 Å². The van der Waals surface area contributed by atoms with Gasteiger partial charge in [0.2, 0.25) is 0 Å². The summed E-state index contributed by atoms with van der Waals surface area (Å²) in [6, 6.07) is 4.17. The van der Waals surface area contributed by atoms with E-state index in [4.69, 9.17) is 22.1 Å². The molecule has 0 aliphatic heterocycles. The van der Waals surface area contributed by atoms with Crippen molar-refractivity contribution in [3.63, 3.8) is 0 Å². The van der Waals surface area contributed by atoms with E-state index in [1.807, 2.05) is 12.1 Å². The first-order chi connectivity index (χ1) is 8.72. The van der Waals surface area contributed by atoms with Crippen molar-refractivity contribution in [1.82, 2.24) is 0 Å². The highest BCUT2D eigenvalue weighted by molar-refractivity contribution is 6.30. The fourth-order valence-corrected chi connectivity index (χ4v) is 3.06. The van der Waals surface area contributed by atoms with Gasteiger partial charge in [-0.2, -0.15) is 0 Å². The Bertz CT molecular complexity index is 484. The Morgan fingerprint density at radius 1 is 1.32 bits per heavy atom. The molecule has 19 heavy (non-hydrogen) atoms. The number of hydrogen-bond acceptors (Lipinski definition) is 2. The zero-order chi connectivity index (χ0) is 14.4. The van der Waals surface area contributed by atoms with Gasteiger partial charge < -0.3 is 10.5 Å². The Balaban J connectivity index is 2.65. The lowest BCUT2D eigenvalue weighted by molar-refractivity contribution is 0.382. The fourth-order valence-electron chi connectivity index (χ4n) is 2.85. The van der Waals surface area contributed by atoms with E-state index in [0.29, 0.717) is 0 Å². The Morgan fingerprint density at radius 2 is 1.89 bits per heavy atom. The summed E-state index contributed by atoms with van der Waals surface area (Å²) in [7, 11) is 1.74. The number of halogens is 1. The molecule has 2 nitrogen and oxygen atoms in total. The molecular formula is C16H24ClNO. The Labute approximate surface area is 121 Å². The molecule has 0 radical (unpaired) electrons. The molecule has 1 atom stereocenters. The highest BCUT2D eigenvalue weighted by Crippen LogP contribution is 2.55. The van der Waals surface area contributed by atoms with Gasteiger partial charge in [0, 0.05) is 27.6 Å². The van der Waals surface area contributed by atoms with E-state index in [2.05, 4.69) is 27.7 Å². The van der Waals surface area contributed by atoms with Crippen LogP contribution in [0.2, 0.25) is 5.02 Å². The third-order valence-corrected chi connectivity index (χ3v) is 4.48. The molecule has 3 heteroatoms. The summed E-state index contributed by atoms with van der Waals surface area (Å²) in [4.78, 5) is 0. The van der Waals surface area contributed by atoms with Crippen LogP contribution in [-0.4, -0.2) is 13.2 Å². The van der Waals surface area contributed by atoms with Crippen molar-refractivity contribution in [2.75, 3.05) is 7.11 Å². The maximum Gasteiger partial charge on any atom is 0.126 e. The second-order valence-electron chi connectivity index (χ2n) is 6.73. The molecule has 2 rings (SSSR count). The van der Waals surface area contributed by atoms with Crippen LogP contribution in [0.5, 0.6) is 5.75 Å².